The van der Waals surface area contributed by atoms with Crippen molar-refractivity contribution in [3.05, 3.63) is 63.9 Å². The first-order valence-corrected chi connectivity index (χ1v) is 7.79. The van der Waals surface area contributed by atoms with Gasteiger partial charge < -0.3 is 10.5 Å². The van der Waals surface area contributed by atoms with Gasteiger partial charge in [0.25, 0.3) is 0 Å². The number of hydrogen-bond acceptors (Lipinski definition) is 2. The van der Waals surface area contributed by atoms with Crippen molar-refractivity contribution < 1.29 is 9.13 Å². The molecule has 2 nitrogen and oxygen atoms in total. The lowest BCUT2D eigenvalue weighted by Crippen LogP contribution is -2.21. The van der Waals surface area contributed by atoms with E-state index in [9.17, 15) is 4.39 Å². The van der Waals surface area contributed by atoms with E-state index in [0.717, 1.165) is 23.1 Å². The summed E-state index contributed by atoms with van der Waals surface area (Å²) in [5, 5.41) is 0. The average molecular weight is 352 g/mol. The van der Waals surface area contributed by atoms with Crippen LogP contribution in [0.25, 0.3) is 0 Å². The smallest absolute Gasteiger partial charge is 0.130 e. The zero-order valence-electron chi connectivity index (χ0n) is 12.0. The molecule has 4 heteroatoms. The van der Waals surface area contributed by atoms with Crippen LogP contribution in [-0.2, 0) is 13.0 Å². The van der Waals surface area contributed by atoms with Gasteiger partial charge in [0, 0.05) is 16.1 Å². The first-order valence-electron chi connectivity index (χ1n) is 6.99. The third-order valence-corrected chi connectivity index (χ3v) is 3.85. The summed E-state index contributed by atoms with van der Waals surface area (Å²) in [6, 6.07) is 12.9. The van der Waals surface area contributed by atoms with E-state index in [1.54, 1.807) is 12.1 Å². The van der Waals surface area contributed by atoms with E-state index >= 15 is 0 Å². The number of rotatable bonds is 6. The fourth-order valence-electron chi connectivity index (χ4n) is 1.97. The highest BCUT2D eigenvalue weighted by Crippen LogP contribution is 2.19. The van der Waals surface area contributed by atoms with E-state index in [-0.39, 0.29) is 18.5 Å². The Hall–Kier alpha value is -1.39. The summed E-state index contributed by atoms with van der Waals surface area (Å²) in [7, 11) is 0. The molecule has 0 aliphatic carbocycles. The van der Waals surface area contributed by atoms with Crippen LogP contribution in [0.3, 0.4) is 0 Å². The van der Waals surface area contributed by atoms with Gasteiger partial charge in [-0.05, 0) is 42.7 Å². The molecule has 2 N–H and O–H groups in total. The maximum atomic E-state index is 13.7. The van der Waals surface area contributed by atoms with Crippen molar-refractivity contribution in [2.75, 3.05) is 0 Å². The van der Waals surface area contributed by atoms with Gasteiger partial charge in [-0.1, -0.05) is 41.1 Å². The van der Waals surface area contributed by atoms with E-state index in [4.69, 9.17) is 10.5 Å². The van der Waals surface area contributed by atoms with Gasteiger partial charge in [-0.2, -0.15) is 0 Å². The molecule has 0 heterocycles. The number of ether oxygens (including phenoxy) is 1. The number of halogens is 2. The van der Waals surface area contributed by atoms with Crippen molar-refractivity contribution in [3.63, 3.8) is 0 Å². The summed E-state index contributed by atoms with van der Waals surface area (Å²) in [6.45, 7) is 2.29. The zero-order chi connectivity index (χ0) is 15.2. The van der Waals surface area contributed by atoms with Crippen molar-refractivity contribution in [2.45, 2.75) is 32.4 Å². The van der Waals surface area contributed by atoms with Crippen molar-refractivity contribution in [2.24, 2.45) is 5.73 Å². The predicted molar refractivity (Wildman–Crippen MR) is 86.8 cm³/mol. The third-order valence-electron chi connectivity index (χ3n) is 3.36. The molecule has 1 atom stereocenters. The van der Waals surface area contributed by atoms with Gasteiger partial charge >= 0.3 is 0 Å². The molecule has 2 aromatic rings. The lowest BCUT2D eigenvalue weighted by molar-refractivity contribution is 0.299. The number of nitrogens with two attached hydrogens (primary N) is 1. The van der Waals surface area contributed by atoms with Crippen LogP contribution in [-0.4, -0.2) is 6.04 Å². The van der Waals surface area contributed by atoms with E-state index in [1.165, 1.54) is 11.6 Å². The second-order valence-corrected chi connectivity index (χ2v) is 5.96. The van der Waals surface area contributed by atoms with Gasteiger partial charge in [0.1, 0.15) is 18.2 Å². The van der Waals surface area contributed by atoms with Crippen LogP contribution in [0.15, 0.2) is 46.9 Å². The van der Waals surface area contributed by atoms with Crippen molar-refractivity contribution in [1.29, 1.82) is 0 Å². The molecule has 0 saturated heterocycles. The average Bonchev–Trinajstić information content (AvgIpc) is 2.48. The number of hydrogen-bond donors (Lipinski definition) is 1. The van der Waals surface area contributed by atoms with Crippen molar-refractivity contribution in [3.8, 4) is 5.75 Å². The lowest BCUT2D eigenvalue weighted by Gasteiger charge is -2.10. The summed E-state index contributed by atoms with van der Waals surface area (Å²) >= 11 is 3.23. The Kier molecular flexibility index (Phi) is 5.76. The molecule has 112 valence electrons. The summed E-state index contributed by atoms with van der Waals surface area (Å²) < 4.78 is 20.0. The van der Waals surface area contributed by atoms with E-state index in [0.29, 0.717) is 5.56 Å². The fourth-order valence-corrected chi connectivity index (χ4v) is 2.30. The Balaban J connectivity index is 1.94. The number of benzene rings is 2. The van der Waals surface area contributed by atoms with Gasteiger partial charge in [0.2, 0.25) is 0 Å². The lowest BCUT2D eigenvalue weighted by atomic mass is 10.0. The molecule has 0 aliphatic rings. The molecule has 2 rings (SSSR count). The maximum Gasteiger partial charge on any atom is 0.130 e. The quantitative estimate of drug-likeness (QED) is 0.834. The highest BCUT2D eigenvalue weighted by atomic mass is 79.9. The normalized spacial score (nSPS) is 12.2. The standard InChI is InChI=1S/C17H19BrFNO/c1-2-15(20)9-12-3-7-16(8-4-12)21-11-13-5-6-14(18)10-17(13)19/h3-8,10,15H,2,9,11,20H2,1H3. The van der Waals surface area contributed by atoms with Crippen molar-refractivity contribution in [1.82, 2.24) is 0 Å². The topological polar surface area (TPSA) is 35.2 Å². The van der Waals surface area contributed by atoms with Crippen LogP contribution >= 0.6 is 15.9 Å². The van der Waals surface area contributed by atoms with Gasteiger partial charge in [-0.3, -0.25) is 0 Å². The van der Waals surface area contributed by atoms with E-state index < -0.39 is 0 Å². The Bertz CT molecular complexity index is 586. The predicted octanol–water partition coefficient (Wildman–Crippen LogP) is 4.45. The highest BCUT2D eigenvalue weighted by Gasteiger charge is 2.05. The Labute approximate surface area is 133 Å². The Morgan fingerprint density at radius 1 is 1.19 bits per heavy atom. The Morgan fingerprint density at radius 2 is 1.90 bits per heavy atom. The van der Waals surface area contributed by atoms with Gasteiger partial charge in [-0.25, -0.2) is 4.39 Å². The minimum absolute atomic E-state index is 0.189. The second-order valence-electron chi connectivity index (χ2n) is 5.04. The summed E-state index contributed by atoms with van der Waals surface area (Å²) in [4.78, 5) is 0. The molecule has 0 aliphatic heterocycles. The molecular formula is C17H19BrFNO. The highest BCUT2D eigenvalue weighted by molar-refractivity contribution is 9.10. The minimum Gasteiger partial charge on any atom is -0.489 e. The summed E-state index contributed by atoms with van der Waals surface area (Å²) in [6.07, 6.45) is 1.82. The second kappa shape index (κ2) is 7.57. The van der Waals surface area contributed by atoms with Crippen LogP contribution in [0.2, 0.25) is 0 Å². The van der Waals surface area contributed by atoms with Crippen LogP contribution in [0.5, 0.6) is 5.75 Å². The fraction of sp³-hybridized carbons (Fsp3) is 0.294. The monoisotopic (exact) mass is 351 g/mol. The SMILES string of the molecule is CCC(N)Cc1ccc(OCc2ccc(Br)cc2F)cc1. The van der Waals surface area contributed by atoms with Crippen LogP contribution in [0.1, 0.15) is 24.5 Å². The molecule has 1 unspecified atom stereocenters. The molecule has 0 fully saturated rings. The maximum absolute atomic E-state index is 13.7. The summed E-state index contributed by atoms with van der Waals surface area (Å²) in [5.41, 5.74) is 7.65. The van der Waals surface area contributed by atoms with E-state index in [2.05, 4.69) is 22.9 Å². The molecule has 0 radical (unpaired) electrons. The largest absolute Gasteiger partial charge is 0.489 e. The molecule has 21 heavy (non-hydrogen) atoms. The van der Waals surface area contributed by atoms with Crippen LogP contribution in [0, 0.1) is 5.82 Å². The Morgan fingerprint density at radius 3 is 2.52 bits per heavy atom. The van der Waals surface area contributed by atoms with Gasteiger partial charge in [-0.15, -0.1) is 0 Å². The molecule has 2 aromatic carbocycles. The first kappa shape index (κ1) is 16.0. The summed E-state index contributed by atoms with van der Waals surface area (Å²) in [5.74, 6) is 0.459. The van der Waals surface area contributed by atoms with Crippen LogP contribution < -0.4 is 10.5 Å². The molecule has 0 saturated carbocycles. The zero-order valence-corrected chi connectivity index (χ0v) is 13.6. The van der Waals surface area contributed by atoms with Crippen molar-refractivity contribution >= 4 is 15.9 Å². The first-order chi connectivity index (χ1) is 10.1. The van der Waals surface area contributed by atoms with E-state index in [1.807, 2.05) is 24.3 Å². The van der Waals surface area contributed by atoms with Gasteiger partial charge in [0.15, 0.2) is 0 Å². The molecule has 0 aromatic heterocycles. The molecule has 0 amide bonds. The third kappa shape index (κ3) is 4.83. The molecular weight excluding hydrogens is 333 g/mol. The van der Waals surface area contributed by atoms with Gasteiger partial charge in [0.05, 0.1) is 0 Å². The van der Waals surface area contributed by atoms with Crippen LogP contribution in [0.4, 0.5) is 4.39 Å². The minimum atomic E-state index is -0.269. The molecule has 0 spiro atoms. The molecule has 0 bridgehead atoms.